The van der Waals surface area contributed by atoms with E-state index < -0.39 is 0 Å². The highest BCUT2D eigenvalue weighted by atomic mass is 16.1. The van der Waals surface area contributed by atoms with Crippen molar-refractivity contribution in [3.8, 4) is 0 Å². The number of likely N-dealkylation sites (tertiary alicyclic amines) is 1. The molecule has 3 rings (SSSR count). The number of aromatic amines is 1. The number of H-pyrrole nitrogens is 1. The van der Waals surface area contributed by atoms with Crippen LogP contribution in [0.25, 0.3) is 0 Å². The van der Waals surface area contributed by atoms with E-state index in [9.17, 15) is 4.79 Å². The van der Waals surface area contributed by atoms with Gasteiger partial charge < -0.3 is 5.32 Å². The van der Waals surface area contributed by atoms with Crippen LogP contribution >= 0.6 is 0 Å². The Bertz CT molecular complexity index is 657. The molecule has 0 bridgehead atoms. The zero-order valence-corrected chi connectivity index (χ0v) is 12.2. The van der Waals surface area contributed by atoms with E-state index in [0.717, 1.165) is 12.2 Å². The summed E-state index contributed by atoms with van der Waals surface area (Å²) in [5.74, 6) is 0.479. The minimum absolute atomic E-state index is 0.143. The van der Waals surface area contributed by atoms with Gasteiger partial charge in [-0.3, -0.25) is 14.7 Å². The maximum absolute atomic E-state index is 11.4. The fourth-order valence-corrected chi connectivity index (χ4v) is 2.67. The smallest absolute Gasteiger partial charge is 0.252 e. The summed E-state index contributed by atoms with van der Waals surface area (Å²) < 4.78 is 0. The molecule has 5 nitrogen and oxygen atoms in total. The minimum Gasteiger partial charge on any atom is -0.326 e. The van der Waals surface area contributed by atoms with Gasteiger partial charge in [-0.1, -0.05) is 12.1 Å². The molecule has 1 aromatic carbocycles. The summed E-state index contributed by atoms with van der Waals surface area (Å²) in [6.45, 7) is 5.22. The summed E-state index contributed by atoms with van der Waals surface area (Å²) in [5.41, 5.74) is 2.80. The number of benzene rings is 1. The molecule has 2 heterocycles. The molecular weight excluding hydrogens is 264 g/mol. The first kappa shape index (κ1) is 13.8. The van der Waals surface area contributed by atoms with Crippen LogP contribution < -0.4 is 10.9 Å². The third-order valence-corrected chi connectivity index (χ3v) is 3.69. The van der Waals surface area contributed by atoms with Gasteiger partial charge in [0.1, 0.15) is 0 Å². The third kappa shape index (κ3) is 3.70. The maximum Gasteiger partial charge on any atom is 0.252 e. The molecule has 1 aromatic heterocycles. The van der Waals surface area contributed by atoms with Crippen molar-refractivity contribution in [3.63, 3.8) is 0 Å². The Balaban J connectivity index is 1.67. The van der Waals surface area contributed by atoms with Gasteiger partial charge in [0, 0.05) is 24.0 Å². The molecule has 0 radical (unpaired) electrons. The highest BCUT2D eigenvalue weighted by Gasteiger charge is 2.11. The lowest BCUT2D eigenvalue weighted by Gasteiger charge is -2.14. The number of nitrogens with one attached hydrogen (secondary N) is 2. The van der Waals surface area contributed by atoms with Gasteiger partial charge in [-0.05, 0) is 50.6 Å². The number of hydrogen-bond acceptors (Lipinski definition) is 4. The monoisotopic (exact) mass is 284 g/mol. The van der Waals surface area contributed by atoms with Crippen molar-refractivity contribution in [3.05, 3.63) is 51.9 Å². The van der Waals surface area contributed by atoms with Gasteiger partial charge in [-0.25, -0.2) is 4.98 Å². The average molecular weight is 284 g/mol. The Hall–Kier alpha value is -2.14. The molecular formula is C16H20N4O. The Labute approximate surface area is 124 Å². The van der Waals surface area contributed by atoms with Gasteiger partial charge >= 0.3 is 0 Å². The Morgan fingerprint density at radius 1 is 1.24 bits per heavy atom. The molecule has 0 saturated carbocycles. The normalized spacial score (nSPS) is 15.3. The lowest BCUT2D eigenvalue weighted by molar-refractivity contribution is 0.331. The van der Waals surface area contributed by atoms with E-state index in [1.54, 1.807) is 6.92 Å². The van der Waals surface area contributed by atoms with Crippen LogP contribution in [-0.4, -0.2) is 28.0 Å². The lowest BCUT2D eigenvalue weighted by atomic mass is 10.2. The molecule has 0 aliphatic carbocycles. The Morgan fingerprint density at radius 3 is 2.62 bits per heavy atom. The topological polar surface area (TPSA) is 61.0 Å². The average Bonchev–Trinajstić information content (AvgIpc) is 2.93. The quantitative estimate of drug-likeness (QED) is 0.905. The van der Waals surface area contributed by atoms with Crippen molar-refractivity contribution in [1.82, 2.24) is 14.9 Å². The summed E-state index contributed by atoms with van der Waals surface area (Å²) in [4.78, 5) is 20.8. The van der Waals surface area contributed by atoms with Gasteiger partial charge in [-0.15, -0.1) is 0 Å². The molecule has 0 amide bonds. The van der Waals surface area contributed by atoms with Gasteiger partial charge in [0.15, 0.2) is 0 Å². The molecule has 1 fully saturated rings. The van der Waals surface area contributed by atoms with E-state index in [0.29, 0.717) is 11.6 Å². The number of hydrogen-bond donors (Lipinski definition) is 2. The largest absolute Gasteiger partial charge is 0.326 e. The Kier molecular flexibility index (Phi) is 4.01. The van der Waals surface area contributed by atoms with Crippen LogP contribution in [0.5, 0.6) is 0 Å². The second-order valence-corrected chi connectivity index (χ2v) is 5.54. The first-order chi connectivity index (χ1) is 10.2. The summed E-state index contributed by atoms with van der Waals surface area (Å²) in [5, 5.41) is 3.13. The standard InChI is InChI=1S/C16H20N4O/c1-12-10-15(21)19-16(17-12)18-14-6-4-13(5-7-14)11-20-8-2-3-9-20/h4-7,10H,2-3,8-9,11H2,1H3,(H2,17,18,19,21). The number of anilines is 2. The van der Waals surface area contributed by atoms with Crippen molar-refractivity contribution >= 4 is 11.6 Å². The highest BCUT2D eigenvalue weighted by Crippen LogP contribution is 2.16. The van der Waals surface area contributed by atoms with Crippen LogP contribution in [0.4, 0.5) is 11.6 Å². The summed E-state index contributed by atoms with van der Waals surface area (Å²) in [7, 11) is 0. The molecule has 2 aromatic rings. The molecule has 0 unspecified atom stereocenters. The van der Waals surface area contributed by atoms with E-state index in [4.69, 9.17) is 0 Å². The molecule has 21 heavy (non-hydrogen) atoms. The second kappa shape index (κ2) is 6.10. The van der Waals surface area contributed by atoms with Gasteiger partial charge in [0.2, 0.25) is 5.95 Å². The fraction of sp³-hybridized carbons (Fsp3) is 0.375. The zero-order chi connectivity index (χ0) is 14.7. The van der Waals surface area contributed by atoms with Crippen molar-refractivity contribution < 1.29 is 0 Å². The summed E-state index contributed by atoms with van der Waals surface area (Å²) >= 11 is 0. The zero-order valence-electron chi connectivity index (χ0n) is 12.2. The summed E-state index contributed by atoms with van der Waals surface area (Å²) in [6, 6.07) is 9.76. The molecule has 1 aliphatic heterocycles. The molecule has 2 N–H and O–H groups in total. The van der Waals surface area contributed by atoms with Gasteiger partial charge in [0.05, 0.1) is 0 Å². The van der Waals surface area contributed by atoms with Crippen LogP contribution in [-0.2, 0) is 6.54 Å². The highest BCUT2D eigenvalue weighted by molar-refractivity contribution is 5.53. The third-order valence-electron chi connectivity index (χ3n) is 3.69. The molecule has 110 valence electrons. The van der Waals surface area contributed by atoms with Crippen LogP contribution in [0.3, 0.4) is 0 Å². The number of aromatic nitrogens is 2. The lowest BCUT2D eigenvalue weighted by Crippen LogP contribution is -2.18. The first-order valence-corrected chi connectivity index (χ1v) is 7.35. The molecule has 0 atom stereocenters. The van der Waals surface area contributed by atoms with E-state index in [2.05, 4.69) is 32.3 Å². The van der Waals surface area contributed by atoms with Crippen LogP contribution in [0, 0.1) is 6.92 Å². The molecule has 0 spiro atoms. The number of rotatable bonds is 4. The molecule has 1 saturated heterocycles. The van der Waals surface area contributed by atoms with Crippen LogP contribution in [0.15, 0.2) is 35.1 Å². The van der Waals surface area contributed by atoms with E-state index >= 15 is 0 Å². The van der Waals surface area contributed by atoms with Gasteiger partial charge in [-0.2, -0.15) is 0 Å². The van der Waals surface area contributed by atoms with Crippen molar-refractivity contribution in [2.75, 3.05) is 18.4 Å². The van der Waals surface area contributed by atoms with E-state index in [1.165, 1.54) is 37.6 Å². The second-order valence-electron chi connectivity index (χ2n) is 5.54. The van der Waals surface area contributed by atoms with Crippen molar-refractivity contribution in [2.45, 2.75) is 26.3 Å². The van der Waals surface area contributed by atoms with Crippen LogP contribution in [0.1, 0.15) is 24.1 Å². The first-order valence-electron chi connectivity index (χ1n) is 7.35. The maximum atomic E-state index is 11.4. The SMILES string of the molecule is Cc1cc(=O)[nH]c(Nc2ccc(CN3CCCC3)cc2)n1. The van der Waals surface area contributed by atoms with Crippen molar-refractivity contribution in [2.24, 2.45) is 0 Å². The number of aryl methyl sites for hydroxylation is 1. The predicted molar refractivity (Wildman–Crippen MR) is 83.8 cm³/mol. The molecule has 1 aliphatic rings. The van der Waals surface area contributed by atoms with Crippen molar-refractivity contribution in [1.29, 1.82) is 0 Å². The summed E-state index contributed by atoms with van der Waals surface area (Å²) in [6.07, 6.45) is 2.62. The van der Waals surface area contributed by atoms with Crippen LogP contribution in [0.2, 0.25) is 0 Å². The van der Waals surface area contributed by atoms with E-state index in [1.807, 2.05) is 12.1 Å². The Morgan fingerprint density at radius 2 is 1.95 bits per heavy atom. The van der Waals surface area contributed by atoms with E-state index in [-0.39, 0.29) is 5.56 Å². The predicted octanol–water partition coefficient (Wildman–Crippen LogP) is 2.42. The fourth-order valence-electron chi connectivity index (χ4n) is 2.67. The minimum atomic E-state index is -0.143. The number of nitrogens with zero attached hydrogens (tertiary/aromatic N) is 2. The van der Waals surface area contributed by atoms with Gasteiger partial charge in [0.25, 0.3) is 5.56 Å². The molecule has 5 heteroatoms.